The normalized spacial score (nSPS) is 11.3. The molecule has 0 spiro atoms. The molecule has 10 aromatic rings. The average molecular weight is 700 g/mol. The van der Waals surface area contributed by atoms with E-state index in [0.29, 0.717) is 0 Å². The molecule has 0 fully saturated rings. The molecule has 0 saturated carbocycles. The van der Waals surface area contributed by atoms with Gasteiger partial charge in [0.1, 0.15) is 0 Å². The van der Waals surface area contributed by atoms with E-state index in [2.05, 4.69) is 229 Å². The quantitative estimate of drug-likeness (QED) is 0.150. The summed E-state index contributed by atoms with van der Waals surface area (Å²) in [5, 5.41) is 7.47. The number of hydrogen-bond acceptors (Lipinski definition) is 1. The molecule has 0 unspecified atom stereocenters. The van der Waals surface area contributed by atoms with Crippen LogP contribution in [-0.4, -0.2) is 0 Å². The van der Waals surface area contributed by atoms with E-state index in [0.717, 1.165) is 28.2 Å². The summed E-state index contributed by atoms with van der Waals surface area (Å²) in [6.45, 7) is 0. The Bertz CT molecular complexity index is 2960. The van der Waals surface area contributed by atoms with Crippen molar-refractivity contribution in [3.05, 3.63) is 224 Å². The smallest absolute Gasteiger partial charge is 0.0540 e. The molecule has 0 aromatic heterocycles. The van der Waals surface area contributed by atoms with E-state index in [1.807, 2.05) is 0 Å². The topological polar surface area (TPSA) is 3.24 Å². The van der Waals surface area contributed by atoms with Crippen molar-refractivity contribution >= 4 is 49.4 Å². The number of fused-ring (bicyclic) bond motifs is 4. The number of nitrogens with zero attached hydrogens (tertiary/aromatic N) is 1. The van der Waals surface area contributed by atoms with Crippen LogP contribution < -0.4 is 4.90 Å². The van der Waals surface area contributed by atoms with E-state index >= 15 is 0 Å². The fourth-order valence-corrected chi connectivity index (χ4v) is 8.17. The zero-order valence-electron chi connectivity index (χ0n) is 30.3. The van der Waals surface area contributed by atoms with Gasteiger partial charge in [0.2, 0.25) is 0 Å². The highest BCUT2D eigenvalue weighted by Crippen LogP contribution is 2.45. The standard InChI is InChI=1S/C54H37N/c1-3-14-38(15-4-1)50-35-31-44(36-52(50)40-16-5-2-6-17-40)51-23-11-12-25-54(51)55(46-34-30-43-27-26-41-19-8-10-22-49(41)53(43)37-46)45-32-28-42(29-33-45)48-24-13-20-39-18-7-9-21-47(39)48/h1-37H. The summed E-state index contributed by atoms with van der Waals surface area (Å²) in [6, 6.07) is 81.5. The second-order valence-corrected chi connectivity index (χ2v) is 14.1. The summed E-state index contributed by atoms with van der Waals surface area (Å²) in [6.07, 6.45) is 0. The second-order valence-electron chi connectivity index (χ2n) is 14.1. The fourth-order valence-electron chi connectivity index (χ4n) is 8.17. The number of hydrogen-bond donors (Lipinski definition) is 0. The summed E-state index contributed by atoms with van der Waals surface area (Å²) in [5.74, 6) is 0. The molecule has 0 bridgehead atoms. The molecule has 10 rings (SSSR count). The van der Waals surface area contributed by atoms with E-state index in [4.69, 9.17) is 0 Å². The van der Waals surface area contributed by atoms with Gasteiger partial charge in [-0.15, -0.1) is 0 Å². The van der Waals surface area contributed by atoms with E-state index in [1.165, 1.54) is 65.7 Å². The van der Waals surface area contributed by atoms with Crippen LogP contribution in [0.5, 0.6) is 0 Å². The van der Waals surface area contributed by atoms with E-state index in [9.17, 15) is 0 Å². The molecular weight excluding hydrogens is 663 g/mol. The second kappa shape index (κ2) is 14.0. The molecule has 0 N–H and O–H groups in total. The molecule has 258 valence electrons. The molecule has 0 aliphatic rings. The molecule has 1 nitrogen and oxygen atoms in total. The maximum absolute atomic E-state index is 2.43. The third-order valence-electron chi connectivity index (χ3n) is 10.9. The maximum Gasteiger partial charge on any atom is 0.0540 e. The molecular formula is C54H37N. The van der Waals surface area contributed by atoms with Gasteiger partial charge < -0.3 is 4.90 Å². The van der Waals surface area contributed by atoms with Crippen LogP contribution in [0.3, 0.4) is 0 Å². The molecule has 0 atom stereocenters. The highest BCUT2D eigenvalue weighted by molar-refractivity contribution is 6.09. The Kier molecular flexibility index (Phi) is 8.24. The number of anilines is 3. The minimum Gasteiger partial charge on any atom is -0.310 e. The van der Waals surface area contributed by atoms with Gasteiger partial charge in [0.15, 0.2) is 0 Å². The van der Waals surface area contributed by atoms with Crippen molar-refractivity contribution in [2.24, 2.45) is 0 Å². The third kappa shape index (κ3) is 6.02. The van der Waals surface area contributed by atoms with E-state index in [1.54, 1.807) is 0 Å². The monoisotopic (exact) mass is 699 g/mol. The largest absolute Gasteiger partial charge is 0.310 e. The molecule has 0 saturated heterocycles. The summed E-state index contributed by atoms with van der Waals surface area (Å²) in [4.78, 5) is 2.43. The Balaban J connectivity index is 1.17. The first-order valence-electron chi connectivity index (χ1n) is 18.9. The predicted molar refractivity (Wildman–Crippen MR) is 235 cm³/mol. The fraction of sp³-hybridized carbons (Fsp3) is 0. The lowest BCUT2D eigenvalue weighted by molar-refractivity contribution is 1.29. The van der Waals surface area contributed by atoms with Crippen LogP contribution in [-0.2, 0) is 0 Å². The summed E-state index contributed by atoms with van der Waals surface area (Å²) < 4.78 is 0. The third-order valence-corrected chi connectivity index (χ3v) is 10.9. The van der Waals surface area contributed by atoms with Gasteiger partial charge in [0, 0.05) is 16.9 Å². The van der Waals surface area contributed by atoms with Gasteiger partial charge in [-0.3, -0.25) is 0 Å². The highest BCUT2D eigenvalue weighted by Gasteiger charge is 2.20. The van der Waals surface area contributed by atoms with Crippen LogP contribution in [0, 0.1) is 0 Å². The van der Waals surface area contributed by atoms with Gasteiger partial charge in [-0.05, 0) is 108 Å². The Morgan fingerprint density at radius 2 is 0.745 bits per heavy atom. The lowest BCUT2D eigenvalue weighted by atomic mass is 9.90. The lowest BCUT2D eigenvalue weighted by Gasteiger charge is -2.29. The predicted octanol–water partition coefficient (Wildman–Crippen LogP) is 15.3. The summed E-state index contributed by atoms with van der Waals surface area (Å²) >= 11 is 0. The number of rotatable bonds is 7. The van der Waals surface area contributed by atoms with Gasteiger partial charge >= 0.3 is 0 Å². The number of benzene rings is 10. The first-order valence-corrected chi connectivity index (χ1v) is 18.9. The number of para-hydroxylation sites is 1. The van der Waals surface area contributed by atoms with Crippen molar-refractivity contribution in [3.8, 4) is 44.5 Å². The van der Waals surface area contributed by atoms with Crippen LogP contribution in [0.15, 0.2) is 224 Å². The minimum atomic E-state index is 1.10. The highest BCUT2D eigenvalue weighted by atomic mass is 15.1. The maximum atomic E-state index is 2.43. The minimum absolute atomic E-state index is 1.10. The van der Waals surface area contributed by atoms with E-state index in [-0.39, 0.29) is 0 Å². The van der Waals surface area contributed by atoms with Crippen molar-refractivity contribution in [2.75, 3.05) is 4.90 Å². The first kappa shape index (κ1) is 32.4. The van der Waals surface area contributed by atoms with Crippen molar-refractivity contribution in [1.29, 1.82) is 0 Å². The Hall–Kier alpha value is -7.22. The molecule has 0 radical (unpaired) electrons. The van der Waals surface area contributed by atoms with Crippen molar-refractivity contribution < 1.29 is 0 Å². The van der Waals surface area contributed by atoms with Gasteiger partial charge in [-0.25, -0.2) is 0 Å². The van der Waals surface area contributed by atoms with Crippen LogP contribution in [0.4, 0.5) is 17.1 Å². The lowest BCUT2D eigenvalue weighted by Crippen LogP contribution is -2.11. The van der Waals surface area contributed by atoms with Crippen LogP contribution in [0.2, 0.25) is 0 Å². The van der Waals surface area contributed by atoms with Gasteiger partial charge in [0.25, 0.3) is 0 Å². The molecule has 0 aliphatic carbocycles. The van der Waals surface area contributed by atoms with Crippen LogP contribution >= 0.6 is 0 Å². The molecule has 0 heterocycles. The van der Waals surface area contributed by atoms with Crippen LogP contribution in [0.1, 0.15) is 0 Å². The zero-order chi connectivity index (χ0) is 36.6. The Morgan fingerprint density at radius 1 is 0.236 bits per heavy atom. The van der Waals surface area contributed by atoms with E-state index < -0.39 is 0 Å². The molecule has 0 amide bonds. The van der Waals surface area contributed by atoms with Gasteiger partial charge in [0.05, 0.1) is 5.69 Å². The molecule has 1 heteroatoms. The van der Waals surface area contributed by atoms with Gasteiger partial charge in [-0.1, -0.05) is 188 Å². The van der Waals surface area contributed by atoms with Crippen molar-refractivity contribution in [1.82, 2.24) is 0 Å². The zero-order valence-corrected chi connectivity index (χ0v) is 30.3. The SMILES string of the molecule is c1ccc(-c2ccc(-c3ccccc3N(c3ccc(-c4cccc5ccccc45)cc3)c3ccc4ccc5ccccc5c4c3)cc2-c2ccccc2)cc1. The summed E-state index contributed by atoms with van der Waals surface area (Å²) in [5.41, 5.74) is 12.9. The Morgan fingerprint density at radius 3 is 1.51 bits per heavy atom. The summed E-state index contributed by atoms with van der Waals surface area (Å²) in [7, 11) is 0. The molecule has 55 heavy (non-hydrogen) atoms. The molecule has 0 aliphatic heterocycles. The average Bonchev–Trinajstić information content (AvgIpc) is 3.27. The Labute approximate surface area is 322 Å². The van der Waals surface area contributed by atoms with Crippen molar-refractivity contribution in [2.45, 2.75) is 0 Å². The molecule has 10 aromatic carbocycles. The van der Waals surface area contributed by atoms with Crippen LogP contribution in [0.25, 0.3) is 76.8 Å². The van der Waals surface area contributed by atoms with Gasteiger partial charge in [-0.2, -0.15) is 0 Å². The first-order chi connectivity index (χ1) is 27.3. The van der Waals surface area contributed by atoms with Crippen molar-refractivity contribution in [3.63, 3.8) is 0 Å².